The molecule has 0 saturated heterocycles. The number of nitrogens with zero attached hydrogens (tertiary/aromatic N) is 1. The van der Waals surface area contributed by atoms with E-state index in [2.05, 4.69) is 31.5 Å². The molecule has 110 valence electrons. The van der Waals surface area contributed by atoms with Gasteiger partial charge in [-0.2, -0.15) is 0 Å². The summed E-state index contributed by atoms with van der Waals surface area (Å²) in [6.07, 6.45) is 4.91. The first-order valence-electron chi connectivity index (χ1n) is 6.33. The van der Waals surface area contributed by atoms with Gasteiger partial charge in [-0.1, -0.05) is 0 Å². The van der Waals surface area contributed by atoms with Gasteiger partial charge in [0.2, 0.25) is 5.91 Å². The third-order valence-electron chi connectivity index (χ3n) is 2.71. The van der Waals surface area contributed by atoms with Crippen LogP contribution in [0.15, 0.2) is 45.9 Å². The molecule has 2 amide bonds. The van der Waals surface area contributed by atoms with E-state index in [0.717, 1.165) is 5.56 Å². The number of amides is 2. The van der Waals surface area contributed by atoms with Crippen LogP contribution in [0, 0.1) is 0 Å². The van der Waals surface area contributed by atoms with E-state index in [4.69, 9.17) is 4.42 Å². The molecule has 0 saturated carbocycles. The van der Waals surface area contributed by atoms with Crippen LogP contribution in [-0.2, 0) is 11.3 Å². The van der Waals surface area contributed by atoms with Crippen LogP contribution in [0.4, 0.5) is 0 Å². The monoisotopic (exact) mass is 351 g/mol. The normalized spacial score (nSPS) is 10.1. The molecule has 2 rings (SSSR count). The molecule has 0 atom stereocenters. The Morgan fingerprint density at radius 1 is 1.24 bits per heavy atom. The number of rotatable bonds is 6. The zero-order chi connectivity index (χ0) is 15.1. The van der Waals surface area contributed by atoms with E-state index in [9.17, 15) is 9.59 Å². The fourth-order valence-electron chi connectivity index (χ4n) is 1.61. The summed E-state index contributed by atoms with van der Waals surface area (Å²) in [5, 5.41) is 5.42. The van der Waals surface area contributed by atoms with Crippen LogP contribution in [0.2, 0.25) is 0 Å². The van der Waals surface area contributed by atoms with Crippen LogP contribution in [0.1, 0.15) is 22.3 Å². The number of pyridine rings is 1. The first kappa shape index (κ1) is 15.2. The lowest BCUT2D eigenvalue weighted by atomic mass is 10.2. The average molecular weight is 352 g/mol. The number of furan rings is 1. The average Bonchev–Trinajstić information content (AvgIpc) is 2.93. The van der Waals surface area contributed by atoms with E-state index in [1.807, 2.05) is 12.1 Å². The number of aromatic nitrogens is 1. The fourth-order valence-corrected chi connectivity index (χ4v) is 1.95. The van der Waals surface area contributed by atoms with E-state index in [-0.39, 0.29) is 24.8 Å². The third-order valence-corrected chi connectivity index (χ3v) is 3.12. The van der Waals surface area contributed by atoms with Crippen molar-refractivity contribution in [3.8, 4) is 0 Å². The molecule has 2 N–H and O–H groups in total. The second-order valence-corrected chi connectivity index (χ2v) is 5.06. The molecule has 0 aromatic carbocycles. The maximum Gasteiger partial charge on any atom is 0.254 e. The molecule has 0 bridgehead atoms. The van der Waals surface area contributed by atoms with Gasteiger partial charge in [0.25, 0.3) is 5.91 Å². The fraction of sp³-hybridized carbons (Fsp3) is 0.214. The van der Waals surface area contributed by atoms with E-state index in [0.29, 0.717) is 16.8 Å². The first-order chi connectivity index (χ1) is 10.1. The molecule has 0 aliphatic heterocycles. The lowest BCUT2D eigenvalue weighted by molar-refractivity contribution is -0.121. The molecule has 0 aliphatic carbocycles. The van der Waals surface area contributed by atoms with Gasteiger partial charge < -0.3 is 15.1 Å². The summed E-state index contributed by atoms with van der Waals surface area (Å²) in [7, 11) is 0. The quantitative estimate of drug-likeness (QED) is 0.831. The van der Waals surface area contributed by atoms with Gasteiger partial charge in [-0.25, -0.2) is 0 Å². The van der Waals surface area contributed by atoms with Gasteiger partial charge in [-0.3, -0.25) is 14.6 Å². The number of hydrogen-bond acceptors (Lipinski definition) is 4. The van der Waals surface area contributed by atoms with Gasteiger partial charge in [-0.15, -0.1) is 0 Å². The molecule has 7 heteroatoms. The largest absolute Gasteiger partial charge is 0.457 e. The molecule has 0 unspecified atom stereocenters. The number of carbonyl (C=O) groups excluding carboxylic acids is 2. The van der Waals surface area contributed by atoms with Crippen LogP contribution in [0.25, 0.3) is 0 Å². The summed E-state index contributed by atoms with van der Waals surface area (Å²) in [5.74, 6) is -0.396. The summed E-state index contributed by atoms with van der Waals surface area (Å²) < 4.78 is 5.46. The minimum atomic E-state index is -0.272. The Hall–Kier alpha value is -2.15. The van der Waals surface area contributed by atoms with Crippen molar-refractivity contribution in [2.45, 2.75) is 13.0 Å². The molecule has 6 nitrogen and oxygen atoms in total. The van der Waals surface area contributed by atoms with Crippen molar-refractivity contribution in [2.24, 2.45) is 0 Å². The molecule has 0 fully saturated rings. The Morgan fingerprint density at radius 2 is 2.00 bits per heavy atom. The number of hydrogen-bond donors (Lipinski definition) is 2. The highest BCUT2D eigenvalue weighted by molar-refractivity contribution is 9.10. The van der Waals surface area contributed by atoms with Crippen LogP contribution in [-0.4, -0.2) is 23.3 Å². The first-order valence-corrected chi connectivity index (χ1v) is 7.12. The van der Waals surface area contributed by atoms with Crippen molar-refractivity contribution in [1.29, 1.82) is 0 Å². The van der Waals surface area contributed by atoms with Gasteiger partial charge >= 0.3 is 0 Å². The maximum atomic E-state index is 11.7. The molecule has 0 aliphatic rings. The molecular weight excluding hydrogens is 338 g/mol. The van der Waals surface area contributed by atoms with Crippen molar-refractivity contribution in [3.63, 3.8) is 0 Å². The minimum absolute atomic E-state index is 0.125. The van der Waals surface area contributed by atoms with Crippen molar-refractivity contribution in [1.82, 2.24) is 15.6 Å². The third kappa shape index (κ3) is 5.03. The van der Waals surface area contributed by atoms with Crippen LogP contribution >= 0.6 is 15.9 Å². The van der Waals surface area contributed by atoms with E-state index < -0.39 is 0 Å². The molecule has 0 spiro atoms. The Bertz CT molecular complexity index is 613. The van der Waals surface area contributed by atoms with Gasteiger partial charge in [0.1, 0.15) is 6.26 Å². The van der Waals surface area contributed by atoms with Gasteiger partial charge in [-0.05, 0) is 33.6 Å². The minimum Gasteiger partial charge on any atom is -0.457 e. The summed E-state index contributed by atoms with van der Waals surface area (Å²) >= 11 is 3.12. The highest BCUT2D eigenvalue weighted by Crippen LogP contribution is 2.13. The standard InChI is InChI=1S/C14H14BrN3O3/c15-12-7-11(9-21-12)14(20)17-6-3-13(19)18-8-10-1-4-16-5-2-10/h1-2,4-5,7,9H,3,6,8H2,(H,17,20)(H,18,19). The van der Waals surface area contributed by atoms with Crippen LogP contribution in [0.5, 0.6) is 0 Å². The topological polar surface area (TPSA) is 84.2 Å². The summed E-state index contributed by atoms with van der Waals surface area (Å²) in [4.78, 5) is 27.2. The molecule has 2 heterocycles. The highest BCUT2D eigenvalue weighted by atomic mass is 79.9. The summed E-state index contributed by atoms with van der Waals surface area (Å²) in [5.41, 5.74) is 1.39. The number of carbonyl (C=O) groups is 2. The van der Waals surface area contributed by atoms with Crippen molar-refractivity contribution < 1.29 is 14.0 Å². The second kappa shape index (κ2) is 7.58. The van der Waals surface area contributed by atoms with Crippen molar-refractivity contribution in [2.75, 3.05) is 6.54 Å². The highest BCUT2D eigenvalue weighted by Gasteiger charge is 2.09. The van der Waals surface area contributed by atoms with E-state index in [1.54, 1.807) is 18.5 Å². The predicted octanol–water partition coefficient (Wildman–Crippen LogP) is 1.87. The zero-order valence-corrected chi connectivity index (χ0v) is 12.7. The molecule has 0 radical (unpaired) electrons. The summed E-state index contributed by atoms with van der Waals surface area (Å²) in [6.45, 7) is 0.716. The molecular formula is C14H14BrN3O3. The smallest absolute Gasteiger partial charge is 0.254 e. The van der Waals surface area contributed by atoms with Gasteiger partial charge in [0, 0.05) is 38.0 Å². The van der Waals surface area contributed by atoms with E-state index >= 15 is 0 Å². The Balaban J connectivity index is 1.66. The molecule has 21 heavy (non-hydrogen) atoms. The Morgan fingerprint density at radius 3 is 2.67 bits per heavy atom. The summed E-state index contributed by atoms with van der Waals surface area (Å²) in [6, 6.07) is 5.23. The van der Waals surface area contributed by atoms with Crippen molar-refractivity contribution >= 4 is 27.7 Å². The number of nitrogens with one attached hydrogen (secondary N) is 2. The van der Waals surface area contributed by atoms with Crippen LogP contribution in [0.3, 0.4) is 0 Å². The predicted molar refractivity (Wildman–Crippen MR) is 79.4 cm³/mol. The van der Waals surface area contributed by atoms with Crippen molar-refractivity contribution in [3.05, 3.63) is 52.7 Å². The SMILES string of the molecule is O=C(CCNC(=O)c1coc(Br)c1)NCc1ccncc1. The maximum absolute atomic E-state index is 11.7. The molecule has 2 aromatic rings. The Labute approximate surface area is 130 Å². The number of halogens is 1. The zero-order valence-electron chi connectivity index (χ0n) is 11.1. The lowest BCUT2D eigenvalue weighted by Crippen LogP contribution is -2.30. The molecule has 2 aromatic heterocycles. The lowest BCUT2D eigenvalue weighted by Gasteiger charge is -2.06. The van der Waals surface area contributed by atoms with E-state index in [1.165, 1.54) is 6.26 Å². The van der Waals surface area contributed by atoms with Gasteiger partial charge in [0.15, 0.2) is 4.67 Å². The Kier molecular flexibility index (Phi) is 5.51. The second-order valence-electron chi connectivity index (χ2n) is 4.28. The van der Waals surface area contributed by atoms with Crippen LogP contribution < -0.4 is 10.6 Å². The van der Waals surface area contributed by atoms with Gasteiger partial charge in [0.05, 0.1) is 5.56 Å².